The van der Waals surface area contributed by atoms with E-state index in [1.54, 1.807) is 4.90 Å². The van der Waals surface area contributed by atoms with Crippen molar-refractivity contribution in [3.63, 3.8) is 0 Å². The van der Waals surface area contributed by atoms with Gasteiger partial charge in [0.1, 0.15) is 6.61 Å². The van der Waals surface area contributed by atoms with Crippen LogP contribution in [0.3, 0.4) is 0 Å². The molecule has 0 aliphatic carbocycles. The molecule has 1 amide bonds. The first kappa shape index (κ1) is 10.5. The Kier molecular flexibility index (Phi) is 3.69. The van der Waals surface area contributed by atoms with Gasteiger partial charge in [-0.15, -0.1) is 0 Å². The summed E-state index contributed by atoms with van der Waals surface area (Å²) in [5.74, 6) is 0.0458. The SMILES string of the molecule is COCC(=O)N1CC(C)OC(C)C1. The van der Waals surface area contributed by atoms with Crippen molar-refractivity contribution < 1.29 is 14.3 Å². The summed E-state index contributed by atoms with van der Waals surface area (Å²) in [7, 11) is 1.53. The van der Waals surface area contributed by atoms with Crippen LogP contribution < -0.4 is 0 Å². The first-order valence-electron chi connectivity index (χ1n) is 4.55. The maximum atomic E-state index is 11.4. The van der Waals surface area contributed by atoms with Crippen molar-refractivity contribution >= 4 is 5.91 Å². The lowest BCUT2D eigenvalue weighted by atomic mass is 10.2. The lowest BCUT2D eigenvalue weighted by molar-refractivity contribution is -0.146. The molecule has 0 aromatic carbocycles. The first-order chi connectivity index (χ1) is 6.13. The van der Waals surface area contributed by atoms with Crippen molar-refractivity contribution in [2.24, 2.45) is 0 Å². The molecule has 1 heterocycles. The van der Waals surface area contributed by atoms with E-state index in [9.17, 15) is 4.79 Å². The molecule has 0 aromatic heterocycles. The van der Waals surface area contributed by atoms with Gasteiger partial charge in [-0.1, -0.05) is 0 Å². The van der Waals surface area contributed by atoms with E-state index in [0.29, 0.717) is 13.1 Å². The van der Waals surface area contributed by atoms with E-state index in [1.165, 1.54) is 7.11 Å². The first-order valence-corrected chi connectivity index (χ1v) is 4.55. The minimum atomic E-state index is 0.0458. The molecule has 1 rings (SSSR count). The number of hydrogen-bond acceptors (Lipinski definition) is 3. The van der Waals surface area contributed by atoms with Crippen LogP contribution in [0.5, 0.6) is 0 Å². The van der Waals surface area contributed by atoms with E-state index in [-0.39, 0.29) is 24.7 Å². The third kappa shape index (κ3) is 2.97. The van der Waals surface area contributed by atoms with E-state index >= 15 is 0 Å². The second-order valence-corrected chi connectivity index (χ2v) is 3.49. The van der Waals surface area contributed by atoms with Crippen LogP contribution >= 0.6 is 0 Å². The summed E-state index contributed by atoms with van der Waals surface area (Å²) < 4.78 is 10.3. The molecule has 0 bridgehead atoms. The predicted molar refractivity (Wildman–Crippen MR) is 48.5 cm³/mol. The summed E-state index contributed by atoms with van der Waals surface area (Å²) in [5, 5.41) is 0. The normalized spacial score (nSPS) is 29.0. The molecule has 76 valence electrons. The lowest BCUT2D eigenvalue weighted by Crippen LogP contribution is -2.49. The predicted octanol–water partition coefficient (Wildman–Crippen LogP) is 0.269. The molecule has 2 atom stereocenters. The Morgan fingerprint density at radius 1 is 1.46 bits per heavy atom. The summed E-state index contributed by atoms with van der Waals surface area (Å²) in [6, 6.07) is 0. The maximum Gasteiger partial charge on any atom is 0.248 e. The fraction of sp³-hybridized carbons (Fsp3) is 0.889. The van der Waals surface area contributed by atoms with Gasteiger partial charge in [0.25, 0.3) is 0 Å². The molecule has 0 radical (unpaired) electrons. The highest BCUT2D eigenvalue weighted by atomic mass is 16.5. The fourth-order valence-electron chi connectivity index (χ4n) is 1.60. The molecular formula is C9H17NO3. The molecule has 4 nitrogen and oxygen atoms in total. The van der Waals surface area contributed by atoms with E-state index in [4.69, 9.17) is 9.47 Å². The van der Waals surface area contributed by atoms with Crippen molar-refractivity contribution in [1.82, 2.24) is 4.90 Å². The number of carbonyl (C=O) groups is 1. The highest BCUT2D eigenvalue weighted by Gasteiger charge is 2.25. The molecular weight excluding hydrogens is 170 g/mol. The summed E-state index contributed by atoms with van der Waals surface area (Å²) in [5.41, 5.74) is 0. The number of rotatable bonds is 2. The van der Waals surface area contributed by atoms with E-state index in [2.05, 4.69) is 0 Å². The Balaban J connectivity index is 2.45. The van der Waals surface area contributed by atoms with Gasteiger partial charge in [-0.3, -0.25) is 4.79 Å². The molecule has 1 saturated heterocycles. The zero-order chi connectivity index (χ0) is 9.84. The van der Waals surface area contributed by atoms with Gasteiger partial charge in [0.05, 0.1) is 12.2 Å². The second kappa shape index (κ2) is 4.58. The monoisotopic (exact) mass is 187 g/mol. The number of morpholine rings is 1. The summed E-state index contributed by atoms with van der Waals surface area (Å²) in [6.45, 7) is 5.46. The number of methoxy groups -OCH3 is 1. The van der Waals surface area contributed by atoms with Crippen molar-refractivity contribution in [2.45, 2.75) is 26.1 Å². The van der Waals surface area contributed by atoms with Gasteiger partial charge >= 0.3 is 0 Å². The van der Waals surface area contributed by atoms with Crippen molar-refractivity contribution in [3.8, 4) is 0 Å². The summed E-state index contributed by atoms with van der Waals surface area (Å²) in [4.78, 5) is 13.2. The molecule has 1 fully saturated rings. The van der Waals surface area contributed by atoms with Crippen LogP contribution in [0.4, 0.5) is 0 Å². The maximum absolute atomic E-state index is 11.4. The molecule has 0 spiro atoms. The molecule has 0 saturated carbocycles. The Morgan fingerprint density at radius 2 is 2.00 bits per heavy atom. The van der Waals surface area contributed by atoms with Gasteiger partial charge in [0.2, 0.25) is 5.91 Å². The average molecular weight is 187 g/mol. The zero-order valence-electron chi connectivity index (χ0n) is 8.45. The van der Waals surface area contributed by atoms with Gasteiger partial charge in [-0.25, -0.2) is 0 Å². The van der Waals surface area contributed by atoms with Gasteiger partial charge in [0, 0.05) is 20.2 Å². The van der Waals surface area contributed by atoms with Gasteiger partial charge in [-0.05, 0) is 13.8 Å². The summed E-state index contributed by atoms with van der Waals surface area (Å²) >= 11 is 0. The van der Waals surface area contributed by atoms with Crippen molar-refractivity contribution in [3.05, 3.63) is 0 Å². The zero-order valence-corrected chi connectivity index (χ0v) is 8.45. The molecule has 1 aliphatic heterocycles. The van der Waals surface area contributed by atoms with Crippen LogP contribution in [0.1, 0.15) is 13.8 Å². The van der Waals surface area contributed by atoms with E-state index in [0.717, 1.165) is 0 Å². The van der Waals surface area contributed by atoms with Crippen molar-refractivity contribution in [2.75, 3.05) is 26.8 Å². The topological polar surface area (TPSA) is 38.8 Å². The largest absolute Gasteiger partial charge is 0.375 e. The van der Waals surface area contributed by atoms with Crippen LogP contribution in [-0.4, -0.2) is 49.8 Å². The fourth-order valence-corrected chi connectivity index (χ4v) is 1.60. The van der Waals surface area contributed by atoms with Crippen LogP contribution in [0, 0.1) is 0 Å². The van der Waals surface area contributed by atoms with Crippen LogP contribution in [-0.2, 0) is 14.3 Å². The molecule has 1 aliphatic rings. The molecule has 4 heteroatoms. The third-order valence-electron chi connectivity index (χ3n) is 2.04. The Hall–Kier alpha value is -0.610. The van der Waals surface area contributed by atoms with E-state index in [1.807, 2.05) is 13.8 Å². The second-order valence-electron chi connectivity index (χ2n) is 3.49. The minimum Gasteiger partial charge on any atom is -0.375 e. The Bertz CT molecular complexity index is 174. The van der Waals surface area contributed by atoms with Crippen molar-refractivity contribution in [1.29, 1.82) is 0 Å². The summed E-state index contributed by atoms with van der Waals surface area (Å²) in [6.07, 6.45) is 0.258. The van der Waals surface area contributed by atoms with Crippen LogP contribution in [0.15, 0.2) is 0 Å². The standard InChI is InChI=1S/C9H17NO3/c1-7-4-10(5-8(2)13-7)9(11)6-12-3/h7-8H,4-6H2,1-3H3. The van der Waals surface area contributed by atoms with Crippen LogP contribution in [0.2, 0.25) is 0 Å². The number of nitrogens with zero attached hydrogens (tertiary/aromatic N) is 1. The quantitative estimate of drug-likeness (QED) is 0.623. The molecule has 2 unspecified atom stereocenters. The Labute approximate surface area is 78.8 Å². The lowest BCUT2D eigenvalue weighted by Gasteiger charge is -2.35. The van der Waals surface area contributed by atoms with Gasteiger partial charge in [-0.2, -0.15) is 0 Å². The van der Waals surface area contributed by atoms with Crippen LogP contribution in [0.25, 0.3) is 0 Å². The number of carbonyl (C=O) groups excluding carboxylic acids is 1. The Morgan fingerprint density at radius 3 is 2.46 bits per heavy atom. The molecule has 0 N–H and O–H groups in total. The number of hydrogen-bond donors (Lipinski definition) is 0. The van der Waals surface area contributed by atoms with Gasteiger partial charge in [0.15, 0.2) is 0 Å². The smallest absolute Gasteiger partial charge is 0.248 e. The molecule has 0 aromatic rings. The highest BCUT2D eigenvalue weighted by Crippen LogP contribution is 2.10. The highest BCUT2D eigenvalue weighted by molar-refractivity contribution is 5.77. The van der Waals surface area contributed by atoms with Gasteiger partial charge < -0.3 is 14.4 Å². The number of amides is 1. The number of ether oxygens (including phenoxy) is 2. The minimum absolute atomic E-state index is 0.0458. The molecule has 13 heavy (non-hydrogen) atoms. The average Bonchev–Trinajstić information content (AvgIpc) is 2.03. The van der Waals surface area contributed by atoms with E-state index < -0.39 is 0 Å². The third-order valence-corrected chi connectivity index (χ3v) is 2.04.